The molecule has 0 saturated carbocycles. The Labute approximate surface area is 184 Å². The zero-order chi connectivity index (χ0) is 21.6. The van der Waals surface area contributed by atoms with Crippen molar-refractivity contribution in [3.05, 3.63) is 88.1 Å². The van der Waals surface area contributed by atoms with Gasteiger partial charge in [0.05, 0.1) is 18.9 Å². The number of hydrogen-bond donors (Lipinski definition) is 1. The van der Waals surface area contributed by atoms with Crippen molar-refractivity contribution in [3.8, 4) is 5.75 Å². The minimum atomic E-state index is -0.298. The van der Waals surface area contributed by atoms with Crippen LogP contribution < -0.4 is 10.5 Å². The predicted octanol–water partition coefficient (Wildman–Crippen LogP) is 3.77. The average Bonchev–Trinajstić information content (AvgIpc) is 3.50. The molecular weight excluding hydrogens is 412 g/mol. The predicted molar refractivity (Wildman–Crippen MR) is 121 cm³/mol. The molecule has 1 amide bonds. The van der Waals surface area contributed by atoms with Gasteiger partial charge < -0.3 is 15.3 Å². The van der Waals surface area contributed by atoms with Crippen molar-refractivity contribution >= 4 is 28.8 Å². The number of amides is 1. The molecule has 2 aromatic carbocycles. The van der Waals surface area contributed by atoms with E-state index >= 15 is 0 Å². The van der Waals surface area contributed by atoms with Crippen LogP contribution in [-0.4, -0.2) is 36.2 Å². The maximum atomic E-state index is 13.0. The summed E-state index contributed by atoms with van der Waals surface area (Å²) in [6.07, 6.45) is 0.600. The smallest absolute Gasteiger partial charge is 0.283 e. The zero-order valence-electron chi connectivity index (χ0n) is 17.0. The highest BCUT2D eigenvalue weighted by molar-refractivity contribution is 7.08. The Balaban J connectivity index is 1.53. The summed E-state index contributed by atoms with van der Waals surface area (Å²) in [5, 5.41) is 13.7. The Morgan fingerprint density at radius 3 is 2.65 bits per heavy atom. The summed E-state index contributed by atoms with van der Waals surface area (Å²) in [5.41, 5.74) is 9.44. The van der Waals surface area contributed by atoms with Crippen LogP contribution >= 0.6 is 11.3 Å². The Morgan fingerprint density at radius 1 is 1.19 bits per heavy atom. The van der Waals surface area contributed by atoms with Gasteiger partial charge in [-0.2, -0.15) is 16.4 Å². The number of methoxy groups -OCH3 is 1. The van der Waals surface area contributed by atoms with Crippen LogP contribution in [0.1, 0.15) is 29.2 Å². The summed E-state index contributed by atoms with van der Waals surface area (Å²) >= 11 is 1.51. The minimum absolute atomic E-state index is 0.232. The molecule has 0 aliphatic carbocycles. The van der Waals surface area contributed by atoms with E-state index < -0.39 is 0 Å². The van der Waals surface area contributed by atoms with Gasteiger partial charge in [-0.3, -0.25) is 4.79 Å². The second-order valence-electron chi connectivity index (χ2n) is 6.91. The lowest BCUT2D eigenvalue weighted by atomic mass is 9.98. The highest BCUT2D eigenvalue weighted by atomic mass is 32.1. The number of hydrogen-bond acceptors (Lipinski definition) is 6. The van der Waals surface area contributed by atoms with E-state index in [0.29, 0.717) is 6.42 Å². The van der Waals surface area contributed by atoms with Crippen molar-refractivity contribution in [2.45, 2.75) is 12.5 Å². The molecule has 4 rings (SSSR count). The molecule has 0 saturated heterocycles. The molecule has 2 N–H and O–H groups in total. The van der Waals surface area contributed by atoms with E-state index in [1.54, 1.807) is 7.11 Å². The first kappa shape index (κ1) is 20.6. The topological polar surface area (TPSA) is 89.5 Å². The SMILES string of the molecule is COc1ccc(C2CC(c3ccccc3)=NN2C(=O)CO/N=C(/N)c2ccsc2)cc1. The summed E-state index contributed by atoms with van der Waals surface area (Å²) < 4.78 is 5.25. The molecule has 1 aliphatic heterocycles. The molecule has 158 valence electrons. The van der Waals surface area contributed by atoms with Crippen LogP contribution in [0.15, 0.2) is 81.7 Å². The van der Waals surface area contributed by atoms with Crippen LogP contribution in [-0.2, 0) is 9.63 Å². The fraction of sp³-hybridized carbons (Fsp3) is 0.174. The molecule has 0 bridgehead atoms. The number of rotatable bonds is 7. The molecule has 0 radical (unpaired) electrons. The summed E-state index contributed by atoms with van der Waals surface area (Å²) in [5.74, 6) is 0.690. The highest BCUT2D eigenvalue weighted by Crippen LogP contribution is 2.33. The molecule has 8 heteroatoms. The van der Waals surface area contributed by atoms with Crippen LogP contribution in [0.3, 0.4) is 0 Å². The van der Waals surface area contributed by atoms with E-state index in [0.717, 1.165) is 28.2 Å². The number of ether oxygens (including phenoxy) is 1. The van der Waals surface area contributed by atoms with Gasteiger partial charge in [-0.15, -0.1) is 0 Å². The fourth-order valence-electron chi connectivity index (χ4n) is 3.32. The lowest BCUT2D eigenvalue weighted by Gasteiger charge is -2.21. The standard InChI is InChI=1S/C23H22N4O3S/c1-29-19-9-7-17(8-10-19)21-13-20(16-5-3-2-4-6-16)25-27(21)22(28)14-30-26-23(24)18-11-12-31-15-18/h2-12,15,21H,13-14H2,1H3,(H2,24,26). The Morgan fingerprint density at radius 2 is 1.97 bits per heavy atom. The number of amidine groups is 1. The summed E-state index contributed by atoms with van der Waals surface area (Å²) in [4.78, 5) is 18.2. The number of oxime groups is 1. The van der Waals surface area contributed by atoms with Crippen molar-refractivity contribution in [2.24, 2.45) is 16.0 Å². The molecule has 7 nitrogen and oxygen atoms in total. The molecule has 3 aromatic rings. The van der Waals surface area contributed by atoms with Crippen molar-refractivity contribution in [1.82, 2.24) is 5.01 Å². The summed E-state index contributed by atoms with van der Waals surface area (Å²) in [6, 6.07) is 19.1. The second kappa shape index (κ2) is 9.44. The maximum absolute atomic E-state index is 13.0. The van der Waals surface area contributed by atoms with Gasteiger partial charge in [0.2, 0.25) is 0 Å². The number of thiophene rings is 1. The lowest BCUT2D eigenvalue weighted by molar-refractivity contribution is -0.137. The number of hydrazone groups is 1. The molecule has 1 aliphatic rings. The van der Waals surface area contributed by atoms with Crippen molar-refractivity contribution < 1.29 is 14.4 Å². The summed E-state index contributed by atoms with van der Waals surface area (Å²) in [6.45, 7) is -0.261. The molecular formula is C23H22N4O3S. The van der Waals surface area contributed by atoms with Gasteiger partial charge >= 0.3 is 0 Å². The van der Waals surface area contributed by atoms with E-state index in [-0.39, 0.29) is 24.4 Å². The van der Waals surface area contributed by atoms with Crippen LogP contribution in [0.25, 0.3) is 0 Å². The molecule has 0 spiro atoms. The number of carbonyl (C=O) groups excluding carboxylic acids is 1. The van der Waals surface area contributed by atoms with Gasteiger partial charge in [0.1, 0.15) is 5.75 Å². The van der Waals surface area contributed by atoms with Crippen molar-refractivity contribution in [3.63, 3.8) is 0 Å². The average molecular weight is 435 g/mol. The fourth-order valence-corrected chi connectivity index (χ4v) is 3.97. The van der Waals surface area contributed by atoms with Crippen LogP contribution in [0.5, 0.6) is 5.75 Å². The normalized spacial score (nSPS) is 16.2. The first-order chi connectivity index (χ1) is 15.2. The molecule has 0 fully saturated rings. The van der Waals surface area contributed by atoms with E-state index in [1.165, 1.54) is 16.3 Å². The molecule has 1 atom stereocenters. The number of benzene rings is 2. The third-order valence-corrected chi connectivity index (χ3v) is 5.62. The van der Waals surface area contributed by atoms with Crippen LogP contribution in [0.4, 0.5) is 0 Å². The van der Waals surface area contributed by atoms with Gasteiger partial charge in [0.25, 0.3) is 5.91 Å². The third-order valence-electron chi connectivity index (χ3n) is 4.94. The minimum Gasteiger partial charge on any atom is -0.497 e. The highest BCUT2D eigenvalue weighted by Gasteiger charge is 2.33. The van der Waals surface area contributed by atoms with Crippen molar-refractivity contribution in [2.75, 3.05) is 13.7 Å². The van der Waals surface area contributed by atoms with E-state index in [1.807, 2.05) is 71.4 Å². The van der Waals surface area contributed by atoms with Gasteiger partial charge in [0.15, 0.2) is 12.4 Å². The van der Waals surface area contributed by atoms with E-state index in [9.17, 15) is 4.79 Å². The van der Waals surface area contributed by atoms with Crippen LogP contribution in [0.2, 0.25) is 0 Å². The number of nitrogens with two attached hydrogens (primary N) is 1. The van der Waals surface area contributed by atoms with E-state index in [2.05, 4.69) is 10.3 Å². The second-order valence-corrected chi connectivity index (χ2v) is 7.69. The maximum Gasteiger partial charge on any atom is 0.283 e. The Hall–Kier alpha value is -3.65. The summed E-state index contributed by atoms with van der Waals surface area (Å²) in [7, 11) is 1.62. The Bertz CT molecular complexity index is 1080. The van der Waals surface area contributed by atoms with Gasteiger partial charge in [-0.1, -0.05) is 47.6 Å². The quantitative estimate of drug-likeness (QED) is 0.348. The largest absolute Gasteiger partial charge is 0.497 e. The molecule has 2 heterocycles. The first-order valence-corrected chi connectivity index (χ1v) is 10.7. The number of carbonyl (C=O) groups is 1. The monoisotopic (exact) mass is 434 g/mol. The van der Waals surface area contributed by atoms with Gasteiger partial charge in [0, 0.05) is 17.4 Å². The lowest BCUT2D eigenvalue weighted by Crippen LogP contribution is -2.30. The molecule has 1 aromatic heterocycles. The number of nitrogens with zero attached hydrogens (tertiary/aromatic N) is 3. The molecule has 31 heavy (non-hydrogen) atoms. The third kappa shape index (κ3) is 4.75. The Kier molecular flexibility index (Phi) is 6.28. The first-order valence-electron chi connectivity index (χ1n) is 9.72. The van der Waals surface area contributed by atoms with Crippen LogP contribution in [0, 0.1) is 0 Å². The molecule has 1 unspecified atom stereocenters. The van der Waals surface area contributed by atoms with E-state index in [4.69, 9.17) is 15.3 Å². The van der Waals surface area contributed by atoms with Gasteiger partial charge in [-0.25, -0.2) is 5.01 Å². The van der Waals surface area contributed by atoms with Crippen molar-refractivity contribution in [1.29, 1.82) is 0 Å². The zero-order valence-corrected chi connectivity index (χ0v) is 17.8. The van der Waals surface area contributed by atoms with Gasteiger partial charge in [-0.05, 0) is 34.7 Å².